The van der Waals surface area contributed by atoms with E-state index in [-0.39, 0.29) is 24.0 Å². The summed E-state index contributed by atoms with van der Waals surface area (Å²) in [4.78, 5) is 8.25. The molecule has 0 atom stereocenters. The van der Waals surface area contributed by atoms with Crippen molar-refractivity contribution < 1.29 is 4.52 Å². The predicted molar refractivity (Wildman–Crippen MR) is 79.8 cm³/mol. The van der Waals surface area contributed by atoms with Crippen LogP contribution in [0.3, 0.4) is 0 Å². The standard InChI is InChI=1S/C11H19N5O.HI/c1-8-14-10(17-16-8)7-13-11(12)15-9-5-3-2-4-6-9;/h9H,2-7H2,1H3,(H3,12,13,15);1H. The lowest BCUT2D eigenvalue weighted by molar-refractivity contribution is 0.376. The van der Waals surface area contributed by atoms with Crippen molar-refractivity contribution in [2.24, 2.45) is 10.7 Å². The molecular weight excluding hydrogens is 345 g/mol. The zero-order chi connectivity index (χ0) is 12.1. The van der Waals surface area contributed by atoms with E-state index in [1.165, 1.54) is 32.1 Å². The fraction of sp³-hybridized carbons (Fsp3) is 0.727. The number of aromatic nitrogens is 2. The average Bonchev–Trinajstić information content (AvgIpc) is 2.74. The summed E-state index contributed by atoms with van der Waals surface area (Å²) in [6.07, 6.45) is 6.23. The lowest BCUT2D eigenvalue weighted by atomic mass is 9.96. The number of hydrogen-bond acceptors (Lipinski definition) is 4. The summed E-state index contributed by atoms with van der Waals surface area (Å²) in [6, 6.07) is 0.469. The average molecular weight is 365 g/mol. The van der Waals surface area contributed by atoms with Crippen LogP contribution in [0, 0.1) is 6.92 Å². The highest BCUT2D eigenvalue weighted by Crippen LogP contribution is 2.17. The Balaban J connectivity index is 0.00000162. The second-order valence-electron chi connectivity index (χ2n) is 4.42. The van der Waals surface area contributed by atoms with E-state index in [9.17, 15) is 0 Å². The zero-order valence-corrected chi connectivity index (χ0v) is 12.9. The summed E-state index contributed by atoms with van der Waals surface area (Å²) < 4.78 is 4.95. The number of nitrogens with one attached hydrogen (secondary N) is 1. The molecule has 102 valence electrons. The third-order valence-electron chi connectivity index (χ3n) is 2.91. The minimum absolute atomic E-state index is 0. The zero-order valence-electron chi connectivity index (χ0n) is 10.6. The van der Waals surface area contributed by atoms with Gasteiger partial charge in [0.05, 0.1) is 0 Å². The Bertz CT molecular complexity index is 387. The van der Waals surface area contributed by atoms with Gasteiger partial charge in [-0.1, -0.05) is 24.4 Å². The highest BCUT2D eigenvalue weighted by atomic mass is 127. The molecule has 0 spiro atoms. The summed E-state index contributed by atoms with van der Waals surface area (Å²) >= 11 is 0. The third kappa shape index (κ3) is 4.79. The normalized spacial score (nSPS) is 17.3. The molecule has 0 unspecified atom stereocenters. The minimum Gasteiger partial charge on any atom is -0.370 e. The molecule has 0 amide bonds. The van der Waals surface area contributed by atoms with Crippen LogP contribution in [-0.2, 0) is 6.54 Å². The van der Waals surface area contributed by atoms with Crippen LogP contribution in [0.2, 0.25) is 0 Å². The molecule has 1 aromatic heterocycles. The molecule has 2 rings (SSSR count). The Kier molecular flexibility index (Phi) is 6.37. The van der Waals surface area contributed by atoms with Crippen LogP contribution in [0.15, 0.2) is 9.52 Å². The number of halogens is 1. The van der Waals surface area contributed by atoms with E-state index < -0.39 is 0 Å². The van der Waals surface area contributed by atoms with Crippen molar-refractivity contribution in [3.8, 4) is 0 Å². The number of guanidine groups is 1. The summed E-state index contributed by atoms with van der Waals surface area (Å²) in [5.74, 6) is 1.58. The van der Waals surface area contributed by atoms with Crippen molar-refractivity contribution >= 4 is 29.9 Å². The fourth-order valence-electron chi connectivity index (χ4n) is 2.06. The van der Waals surface area contributed by atoms with Crippen molar-refractivity contribution in [3.05, 3.63) is 11.7 Å². The van der Waals surface area contributed by atoms with E-state index in [4.69, 9.17) is 10.3 Å². The van der Waals surface area contributed by atoms with Gasteiger partial charge in [-0.3, -0.25) is 0 Å². The van der Waals surface area contributed by atoms with Gasteiger partial charge < -0.3 is 15.6 Å². The topological polar surface area (TPSA) is 89.3 Å². The van der Waals surface area contributed by atoms with Crippen LogP contribution in [0.1, 0.15) is 43.8 Å². The first-order chi connectivity index (χ1) is 8.24. The number of rotatable bonds is 3. The van der Waals surface area contributed by atoms with Gasteiger partial charge in [-0.2, -0.15) is 4.98 Å². The molecule has 6 nitrogen and oxygen atoms in total. The van der Waals surface area contributed by atoms with Crippen molar-refractivity contribution in [2.45, 2.75) is 51.6 Å². The Morgan fingerprint density at radius 3 is 2.78 bits per heavy atom. The van der Waals surface area contributed by atoms with Crippen molar-refractivity contribution in [3.63, 3.8) is 0 Å². The van der Waals surface area contributed by atoms with E-state index in [0.717, 1.165) is 0 Å². The second-order valence-corrected chi connectivity index (χ2v) is 4.42. The van der Waals surface area contributed by atoms with Gasteiger partial charge in [0.25, 0.3) is 0 Å². The molecule has 3 N–H and O–H groups in total. The van der Waals surface area contributed by atoms with E-state index in [1.54, 1.807) is 6.92 Å². The Labute approximate surface area is 124 Å². The van der Waals surface area contributed by atoms with Crippen LogP contribution in [-0.4, -0.2) is 22.1 Å². The number of hydrogen-bond donors (Lipinski definition) is 2. The predicted octanol–water partition coefficient (Wildman–Crippen LogP) is 1.73. The van der Waals surface area contributed by atoms with Crippen LogP contribution in [0.5, 0.6) is 0 Å². The van der Waals surface area contributed by atoms with Crippen molar-refractivity contribution in [1.29, 1.82) is 0 Å². The summed E-state index contributed by atoms with van der Waals surface area (Å²) in [6.45, 7) is 2.12. The Hall–Kier alpha value is -0.860. The van der Waals surface area contributed by atoms with Gasteiger partial charge in [-0.15, -0.1) is 24.0 Å². The largest absolute Gasteiger partial charge is 0.370 e. The highest BCUT2D eigenvalue weighted by molar-refractivity contribution is 14.0. The first kappa shape index (κ1) is 15.2. The summed E-state index contributed by atoms with van der Waals surface area (Å²) in [5.41, 5.74) is 5.81. The van der Waals surface area contributed by atoms with Gasteiger partial charge in [0.2, 0.25) is 5.89 Å². The summed E-state index contributed by atoms with van der Waals surface area (Å²) in [7, 11) is 0. The molecule has 0 bridgehead atoms. The minimum atomic E-state index is 0. The smallest absolute Gasteiger partial charge is 0.248 e. The molecule has 0 saturated heterocycles. The van der Waals surface area contributed by atoms with Crippen LogP contribution < -0.4 is 11.1 Å². The van der Waals surface area contributed by atoms with E-state index in [1.807, 2.05) is 0 Å². The van der Waals surface area contributed by atoms with Crippen LogP contribution >= 0.6 is 24.0 Å². The van der Waals surface area contributed by atoms with Gasteiger partial charge in [0.1, 0.15) is 6.54 Å². The third-order valence-corrected chi connectivity index (χ3v) is 2.91. The van der Waals surface area contributed by atoms with E-state index >= 15 is 0 Å². The highest BCUT2D eigenvalue weighted by Gasteiger charge is 2.13. The number of nitrogens with zero attached hydrogens (tertiary/aromatic N) is 3. The van der Waals surface area contributed by atoms with Crippen molar-refractivity contribution in [2.75, 3.05) is 0 Å². The van der Waals surface area contributed by atoms with E-state index in [2.05, 4.69) is 20.4 Å². The second kappa shape index (κ2) is 7.55. The molecule has 7 heteroatoms. The molecule has 18 heavy (non-hydrogen) atoms. The van der Waals surface area contributed by atoms with Gasteiger partial charge >= 0.3 is 0 Å². The quantitative estimate of drug-likeness (QED) is 0.484. The van der Waals surface area contributed by atoms with Gasteiger partial charge in [0.15, 0.2) is 11.8 Å². The monoisotopic (exact) mass is 365 g/mol. The molecule has 0 aliphatic heterocycles. The lowest BCUT2D eigenvalue weighted by Crippen LogP contribution is -2.41. The van der Waals surface area contributed by atoms with Gasteiger partial charge in [-0.25, -0.2) is 4.99 Å². The SMILES string of the molecule is Cc1noc(CN=C(N)NC2CCCCC2)n1.I. The van der Waals surface area contributed by atoms with Crippen LogP contribution in [0.25, 0.3) is 0 Å². The van der Waals surface area contributed by atoms with E-state index in [0.29, 0.717) is 30.3 Å². The maximum Gasteiger partial charge on any atom is 0.248 e. The molecule has 0 radical (unpaired) electrons. The Morgan fingerprint density at radius 1 is 1.44 bits per heavy atom. The Morgan fingerprint density at radius 2 is 2.17 bits per heavy atom. The number of nitrogens with two attached hydrogens (primary N) is 1. The van der Waals surface area contributed by atoms with Gasteiger partial charge in [-0.05, 0) is 19.8 Å². The first-order valence-corrected chi connectivity index (χ1v) is 6.09. The molecule has 1 aromatic rings. The molecule has 1 aliphatic carbocycles. The maximum absolute atomic E-state index is 5.81. The number of aryl methyl sites for hydroxylation is 1. The molecule has 1 heterocycles. The molecule has 0 aromatic carbocycles. The molecular formula is C11H20IN5O. The van der Waals surface area contributed by atoms with Crippen molar-refractivity contribution in [1.82, 2.24) is 15.5 Å². The summed E-state index contributed by atoms with van der Waals surface area (Å²) in [5, 5.41) is 6.93. The maximum atomic E-state index is 5.81. The molecule has 1 aliphatic rings. The lowest BCUT2D eigenvalue weighted by Gasteiger charge is -2.22. The number of aliphatic imine (C=N–C) groups is 1. The van der Waals surface area contributed by atoms with Gasteiger partial charge in [0, 0.05) is 6.04 Å². The first-order valence-electron chi connectivity index (χ1n) is 6.09. The van der Waals surface area contributed by atoms with Crippen LogP contribution in [0.4, 0.5) is 0 Å². The fourth-order valence-corrected chi connectivity index (χ4v) is 2.06. The molecule has 1 fully saturated rings. The molecule has 1 saturated carbocycles.